The van der Waals surface area contributed by atoms with Gasteiger partial charge in [0.15, 0.2) is 11.8 Å². The van der Waals surface area contributed by atoms with Gasteiger partial charge in [-0.25, -0.2) is 4.99 Å². The van der Waals surface area contributed by atoms with Crippen LogP contribution in [0, 0.1) is 6.92 Å². The minimum Gasteiger partial charge on any atom is -0.494 e. The van der Waals surface area contributed by atoms with Crippen LogP contribution in [0.15, 0.2) is 41.9 Å². The lowest BCUT2D eigenvalue weighted by Gasteiger charge is -2.12. The number of benzene rings is 1. The Kier molecular flexibility index (Phi) is 8.35. The highest BCUT2D eigenvalue weighted by Crippen LogP contribution is 2.13. The number of aromatic nitrogens is 3. The largest absolute Gasteiger partial charge is 0.494 e. The number of hydrogen-bond donors (Lipinski definition) is 2. The fourth-order valence-electron chi connectivity index (χ4n) is 2.42. The zero-order valence-electron chi connectivity index (χ0n) is 16.5. The molecule has 2 rings (SSSR count). The van der Waals surface area contributed by atoms with Gasteiger partial charge in [-0.1, -0.05) is 25.1 Å². The van der Waals surface area contributed by atoms with E-state index in [1.807, 2.05) is 30.7 Å². The molecule has 2 N–H and O–H groups in total. The van der Waals surface area contributed by atoms with Crippen LogP contribution >= 0.6 is 0 Å². The average molecular weight is 371 g/mol. The molecule has 0 unspecified atom stereocenters. The second kappa shape index (κ2) is 11.0. The standard InChI is InChI=1S/C20H30N6O/c1-5-11-21-20(23-15-19-25-24-16(3)26(19)4)22-12-10-17-8-7-9-18(14-17)27-13-6-2/h5,7-9,14H,1,6,10-13,15H2,2-4H3,(H2,21,22,23). The van der Waals surface area contributed by atoms with Crippen molar-refractivity contribution in [3.63, 3.8) is 0 Å². The maximum Gasteiger partial charge on any atom is 0.191 e. The highest BCUT2D eigenvalue weighted by Gasteiger charge is 2.05. The van der Waals surface area contributed by atoms with Crippen molar-refractivity contribution in [3.05, 3.63) is 54.1 Å². The Labute approximate surface area is 161 Å². The summed E-state index contributed by atoms with van der Waals surface area (Å²) in [5.74, 6) is 3.35. The summed E-state index contributed by atoms with van der Waals surface area (Å²) in [6, 6.07) is 8.22. The summed E-state index contributed by atoms with van der Waals surface area (Å²) in [6.07, 6.45) is 3.69. The van der Waals surface area contributed by atoms with Gasteiger partial charge in [0.05, 0.1) is 6.61 Å². The van der Waals surface area contributed by atoms with E-state index in [4.69, 9.17) is 4.74 Å². The van der Waals surface area contributed by atoms with Crippen LogP contribution < -0.4 is 15.4 Å². The summed E-state index contributed by atoms with van der Waals surface area (Å²) in [7, 11) is 1.94. The number of aliphatic imine (C=N–C) groups is 1. The summed E-state index contributed by atoms with van der Waals surface area (Å²) in [5.41, 5.74) is 1.23. The van der Waals surface area contributed by atoms with Crippen LogP contribution in [0.5, 0.6) is 5.75 Å². The molecule has 0 aliphatic rings. The van der Waals surface area contributed by atoms with Gasteiger partial charge < -0.3 is 19.9 Å². The van der Waals surface area contributed by atoms with Gasteiger partial charge in [-0.3, -0.25) is 0 Å². The third-order valence-corrected chi connectivity index (χ3v) is 4.05. The molecule has 0 saturated carbocycles. The number of aryl methyl sites for hydroxylation is 1. The maximum absolute atomic E-state index is 5.69. The first-order chi connectivity index (χ1) is 13.1. The lowest BCUT2D eigenvalue weighted by molar-refractivity contribution is 0.317. The molecule has 7 nitrogen and oxygen atoms in total. The zero-order chi connectivity index (χ0) is 19.5. The number of nitrogens with one attached hydrogen (secondary N) is 2. The summed E-state index contributed by atoms with van der Waals surface area (Å²) in [4.78, 5) is 4.59. The number of rotatable bonds is 10. The van der Waals surface area contributed by atoms with Crippen molar-refractivity contribution >= 4 is 5.96 Å². The highest BCUT2D eigenvalue weighted by molar-refractivity contribution is 5.79. The van der Waals surface area contributed by atoms with Crippen LogP contribution in [-0.2, 0) is 20.0 Å². The first-order valence-corrected chi connectivity index (χ1v) is 9.33. The Morgan fingerprint density at radius 3 is 2.89 bits per heavy atom. The molecular weight excluding hydrogens is 340 g/mol. The molecule has 0 radical (unpaired) electrons. The van der Waals surface area contributed by atoms with Gasteiger partial charge >= 0.3 is 0 Å². The van der Waals surface area contributed by atoms with Crippen molar-refractivity contribution in [1.29, 1.82) is 0 Å². The number of ether oxygens (including phenoxy) is 1. The fourth-order valence-corrected chi connectivity index (χ4v) is 2.42. The molecule has 7 heteroatoms. The molecule has 0 atom stereocenters. The third-order valence-electron chi connectivity index (χ3n) is 4.05. The van der Waals surface area contributed by atoms with E-state index < -0.39 is 0 Å². The Morgan fingerprint density at radius 1 is 1.33 bits per heavy atom. The average Bonchev–Trinajstić information content (AvgIpc) is 3.00. The Bertz CT molecular complexity index is 753. The van der Waals surface area contributed by atoms with E-state index in [1.54, 1.807) is 6.08 Å². The van der Waals surface area contributed by atoms with Gasteiger partial charge in [-0.15, -0.1) is 16.8 Å². The van der Waals surface area contributed by atoms with Gasteiger partial charge in [-0.05, 0) is 37.5 Å². The molecule has 0 aliphatic heterocycles. The van der Waals surface area contributed by atoms with Crippen molar-refractivity contribution in [1.82, 2.24) is 25.4 Å². The molecule has 0 bridgehead atoms. The second-order valence-corrected chi connectivity index (χ2v) is 6.23. The van der Waals surface area contributed by atoms with Crippen molar-refractivity contribution in [2.45, 2.75) is 33.2 Å². The van der Waals surface area contributed by atoms with E-state index in [-0.39, 0.29) is 0 Å². The molecule has 0 aliphatic carbocycles. The fraction of sp³-hybridized carbons (Fsp3) is 0.450. The molecule has 1 aromatic carbocycles. The second-order valence-electron chi connectivity index (χ2n) is 6.23. The SMILES string of the molecule is C=CCNC(=NCc1nnc(C)n1C)NCCc1cccc(OCCC)c1. The monoisotopic (exact) mass is 370 g/mol. The first kappa shape index (κ1) is 20.5. The number of guanidine groups is 1. The molecule has 1 aromatic heterocycles. The van der Waals surface area contributed by atoms with E-state index in [0.717, 1.165) is 49.4 Å². The zero-order valence-corrected chi connectivity index (χ0v) is 16.5. The normalized spacial score (nSPS) is 11.3. The van der Waals surface area contributed by atoms with Gasteiger partial charge in [0.1, 0.15) is 18.1 Å². The Hall–Kier alpha value is -2.83. The molecule has 0 fully saturated rings. The van der Waals surface area contributed by atoms with Gasteiger partial charge in [0.25, 0.3) is 0 Å². The van der Waals surface area contributed by atoms with Crippen LogP contribution in [0.3, 0.4) is 0 Å². The van der Waals surface area contributed by atoms with E-state index in [9.17, 15) is 0 Å². The first-order valence-electron chi connectivity index (χ1n) is 9.33. The summed E-state index contributed by atoms with van der Waals surface area (Å²) in [6.45, 7) is 10.4. The Balaban J connectivity index is 1.91. The van der Waals surface area contributed by atoms with Crippen LogP contribution in [0.25, 0.3) is 0 Å². The Morgan fingerprint density at radius 2 is 2.19 bits per heavy atom. The van der Waals surface area contributed by atoms with Crippen molar-refractivity contribution in [3.8, 4) is 5.75 Å². The lowest BCUT2D eigenvalue weighted by atomic mass is 10.1. The van der Waals surface area contributed by atoms with E-state index in [0.29, 0.717) is 13.1 Å². The van der Waals surface area contributed by atoms with E-state index >= 15 is 0 Å². The van der Waals surface area contributed by atoms with Gasteiger partial charge in [-0.2, -0.15) is 0 Å². The number of hydrogen-bond acceptors (Lipinski definition) is 4. The number of nitrogens with zero attached hydrogens (tertiary/aromatic N) is 4. The summed E-state index contributed by atoms with van der Waals surface area (Å²) in [5, 5.41) is 14.8. The molecular formula is C20H30N6O. The summed E-state index contributed by atoms with van der Waals surface area (Å²) < 4.78 is 7.64. The van der Waals surface area contributed by atoms with Crippen LogP contribution in [0.4, 0.5) is 0 Å². The molecule has 1 heterocycles. The maximum atomic E-state index is 5.69. The quantitative estimate of drug-likeness (QED) is 0.381. The predicted octanol–water partition coefficient (Wildman–Crippen LogP) is 2.38. The molecule has 27 heavy (non-hydrogen) atoms. The minimum atomic E-state index is 0.462. The van der Waals surface area contributed by atoms with Crippen LogP contribution in [0.2, 0.25) is 0 Å². The molecule has 0 amide bonds. The van der Waals surface area contributed by atoms with Gasteiger partial charge in [0.2, 0.25) is 0 Å². The van der Waals surface area contributed by atoms with Crippen molar-refractivity contribution in [2.24, 2.45) is 12.0 Å². The van der Waals surface area contributed by atoms with Crippen molar-refractivity contribution in [2.75, 3.05) is 19.7 Å². The lowest BCUT2D eigenvalue weighted by Crippen LogP contribution is -2.38. The van der Waals surface area contributed by atoms with E-state index in [1.165, 1.54) is 5.56 Å². The molecule has 0 spiro atoms. The van der Waals surface area contributed by atoms with Crippen molar-refractivity contribution < 1.29 is 4.74 Å². The smallest absolute Gasteiger partial charge is 0.191 e. The summed E-state index contributed by atoms with van der Waals surface area (Å²) >= 11 is 0. The third kappa shape index (κ3) is 6.77. The molecule has 146 valence electrons. The predicted molar refractivity (Wildman–Crippen MR) is 109 cm³/mol. The minimum absolute atomic E-state index is 0.462. The van der Waals surface area contributed by atoms with E-state index in [2.05, 4.69) is 51.5 Å². The highest BCUT2D eigenvalue weighted by atomic mass is 16.5. The van der Waals surface area contributed by atoms with Crippen LogP contribution in [0.1, 0.15) is 30.6 Å². The van der Waals surface area contributed by atoms with Gasteiger partial charge in [0, 0.05) is 20.1 Å². The van der Waals surface area contributed by atoms with Crippen LogP contribution in [-0.4, -0.2) is 40.4 Å². The topological polar surface area (TPSA) is 76.4 Å². The molecule has 2 aromatic rings. The molecule has 0 saturated heterocycles.